The highest BCUT2D eigenvalue weighted by Gasteiger charge is 2.26. The fraction of sp³-hybridized carbons (Fsp3) is 0.292. The van der Waals surface area contributed by atoms with Gasteiger partial charge in [-0.1, -0.05) is 55.1 Å². The number of nitrogens with zero attached hydrogens (tertiary/aromatic N) is 2. The molecular formula is C24H25N3O2S2. The Hall–Kier alpha value is -2.51. The lowest BCUT2D eigenvalue weighted by atomic mass is 10.1. The van der Waals surface area contributed by atoms with Crippen molar-refractivity contribution < 1.29 is 4.79 Å². The van der Waals surface area contributed by atoms with Crippen LogP contribution in [-0.4, -0.2) is 26.5 Å². The van der Waals surface area contributed by atoms with Crippen molar-refractivity contribution in [2.75, 3.05) is 11.1 Å². The Balaban J connectivity index is 1.56. The van der Waals surface area contributed by atoms with Crippen molar-refractivity contribution in [3.63, 3.8) is 0 Å². The van der Waals surface area contributed by atoms with Gasteiger partial charge in [-0.3, -0.25) is 14.2 Å². The van der Waals surface area contributed by atoms with E-state index in [0.717, 1.165) is 39.4 Å². The smallest absolute Gasteiger partial charge is 0.268 e. The number of amides is 1. The second-order valence-corrected chi connectivity index (χ2v) is 10.3. The third kappa shape index (κ3) is 5.22. The first-order valence-electron chi connectivity index (χ1n) is 10.2. The van der Waals surface area contributed by atoms with E-state index in [9.17, 15) is 9.59 Å². The molecular weight excluding hydrogens is 426 g/mol. The lowest BCUT2D eigenvalue weighted by Crippen LogP contribution is -2.26. The van der Waals surface area contributed by atoms with Gasteiger partial charge in [0.2, 0.25) is 5.91 Å². The Kier molecular flexibility index (Phi) is 6.53. The molecule has 3 aromatic rings. The van der Waals surface area contributed by atoms with E-state index < -0.39 is 0 Å². The lowest BCUT2D eigenvalue weighted by Gasteiger charge is -2.14. The molecule has 4 rings (SSSR count). The zero-order valence-corrected chi connectivity index (χ0v) is 19.5. The quantitative estimate of drug-likeness (QED) is 0.436. The van der Waals surface area contributed by atoms with Crippen LogP contribution < -0.4 is 10.9 Å². The van der Waals surface area contributed by atoms with Crippen molar-refractivity contribution in [3.05, 3.63) is 81.3 Å². The van der Waals surface area contributed by atoms with E-state index in [0.29, 0.717) is 17.0 Å². The summed E-state index contributed by atoms with van der Waals surface area (Å²) >= 11 is 2.91. The number of hydrogen-bond donors (Lipinski definition) is 1. The molecule has 0 spiro atoms. The van der Waals surface area contributed by atoms with Gasteiger partial charge in [0.1, 0.15) is 0 Å². The molecule has 0 saturated heterocycles. The normalized spacial score (nSPS) is 15.0. The largest absolute Gasteiger partial charge is 0.325 e. The van der Waals surface area contributed by atoms with Gasteiger partial charge in [0, 0.05) is 17.4 Å². The molecule has 0 radical (unpaired) electrons. The molecule has 1 unspecified atom stereocenters. The minimum atomic E-state index is -0.112. The molecule has 2 heterocycles. The number of fused-ring (bicyclic) bond motifs is 1. The molecule has 31 heavy (non-hydrogen) atoms. The first-order valence-corrected chi connectivity index (χ1v) is 12.1. The predicted molar refractivity (Wildman–Crippen MR) is 128 cm³/mol. The van der Waals surface area contributed by atoms with Gasteiger partial charge in [-0.05, 0) is 42.7 Å². The molecule has 1 amide bonds. The molecule has 1 atom stereocenters. The average molecular weight is 452 g/mol. The molecule has 160 valence electrons. The van der Waals surface area contributed by atoms with Crippen molar-refractivity contribution in [3.8, 4) is 0 Å². The standard InChI is InChI=1S/C24H25N3O2S2/c1-15-9-16(2)11-19(10-15)25-21(28)14-30-24-26-20-12-17(3)31-22(20)23(29)27(24)13-18-7-5-4-6-8-18/h4-11,17H,12-14H2,1-3H3,(H,25,28). The van der Waals surface area contributed by atoms with Crippen molar-refractivity contribution in [1.82, 2.24) is 9.55 Å². The first kappa shape index (κ1) is 21.7. The maximum absolute atomic E-state index is 13.2. The summed E-state index contributed by atoms with van der Waals surface area (Å²) in [5.74, 6) is 0.0779. The highest BCUT2D eigenvalue weighted by molar-refractivity contribution is 8.00. The third-order valence-electron chi connectivity index (χ3n) is 4.98. The zero-order chi connectivity index (χ0) is 22.0. The first-order chi connectivity index (χ1) is 14.9. The van der Waals surface area contributed by atoms with Crippen LogP contribution in [0.2, 0.25) is 0 Å². The summed E-state index contributed by atoms with van der Waals surface area (Å²) in [7, 11) is 0. The molecule has 1 aliphatic heterocycles. The number of aromatic nitrogens is 2. The van der Waals surface area contributed by atoms with Crippen LogP contribution in [0.3, 0.4) is 0 Å². The van der Waals surface area contributed by atoms with Gasteiger partial charge in [0.05, 0.1) is 22.9 Å². The summed E-state index contributed by atoms with van der Waals surface area (Å²) in [6, 6.07) is 15.8. The van der Waals surface area contributed by atoms with Crippen LogP contribution in [-0.2, 0) is 17.8 Å². The molecule has 1 aromatic heterocycles. The molecule has 0 aliphatic carbocycles. The summed E-state index contributed by atoms with van der Waals surface area (Å²) in [4.78, 5) is 31.4. The van der Waals surface area contributed by atoms with E-state index in [2.05, 4.69) is 18.3 Å². The van der Waals surface area contributed by atoms with Crippen LogP contribution in [0.5, 0.6) is 0 Å². The van der Waals surface area contributed by atoms with Gasteiger partial charge in [-0.25, -0.2) is 4.98 Å². The van der Waals surface area contributed by atoms with Gasteiger partial charge in [0.15, 0.2) is 5.16 Å². The fourth-order valence-corrected chi connectivity index (χ4v) is 5.65. The van der Waals surface area contributed by atoms with Gasteiger partial charge in [-0.2, -0.15) is 0 Å². The highest BCUT2D eigenvalue weighted by atomic mass is 32.2. The number of hydrogen-bond acceptors (Lipinski definition) is 5. The van der Waals surface area contributed by atoms with E-state index in [4.69, 9.17) is 4.98 Å². The second kappa shape index (κ2) is 9.32. The van der Waals surface area contributed by atoms with Gasteiger partial charge >= 0.3 is 0 Å². The van der Waals surface area contributed by atoms with E-state index >= 15 is 0 Å². The van der Waals surface area contributed by atoms with Crippen LogP contribution in [0, 0.1) is 13.8 Å². The van der Waals surface area contributed by atoms with E-state index in [-0.39, 0.29) is 17.2 Å². The molecule has 0 fully saturated rings. The Morgan fingerprint density at radius 2 is 1.90 bits per heavy atom. The molecule has 0 saturated carbocycles. The summed E-state index contributed by atoms with van der Waals surface area (Å²) in [5, 5.41) is 3.89. The number of anilines is 1. The maximum atomic E-state index is 13.2. The number of nitrogens with one attached hydrogen (secondary N) is 1. The number of aryl methyl sites for hydroxylation is 2. The highest BCUT2D eigenvalue weighted by Crippen LogP contribution is 2.34. The van der Waals surface area contributed by atoms with Crippen LogP contribution in [0.15, 0.2) is 63.4 Å². The van der Waals surface area contributed by atoms with Crippen LogP contribution >= 0.6 is 23.5 Å². The number of carbonyl (C=O) groups excluding carboxylic acids is 1. The second-order valence-electron chi connectivity index (χ2n) is 7.89. The molecule has 1 N–H and O–H groups in total. The van der Waals surface area contributed by atoms with Crippen LogP contribution in [0.25, 0.3) is 0 Å². The lowest BCUT2D eigenvalue weighted by molar-refractivity contribution is -0.113. The Morgan fingerprint density at radius 1 is 1.19 bits per heavy atom. The average Bonchev–Trinajstić information content (AvgIpc) is 3.09. The molecule has 0 bridgehead atoms. The predicted octanol–water partition coefficient (Wildman–Crippen LogP) is 4.68. The van der Waals surface area contributed by atoms with Crippen molar-refractivity contribution in [1.29, 1.82) is 0 Å². The van der Waals surface area contributed by atoms with Crippen LogP contribution in [0.4, 0.5) is 5.69 Å². The van der Waals surface area contributed by atoms with E-state index in [1.165, 1.54) is 11.8 Å². The SMILES string of the molecule is Cc1cc(C)cc(NC(=O)CSc2nc3c(c(=O)n2Cc2ccccc2)SC(C)C3)c1. The Bertz CT molecular complexity index is 1160. The zero-order valence-electron chi connectivity index (χ0n) is 17.8. The summed E-state index contributed by atoms with van der Waals surface area (Å²) in [6.45, 7) is 6.56. The number of thioether (sulfide) groups is 2. The van der Waals surface area contributed by atoms with Gasteiger partial charge < -0.3 is 5.32 Å². The maximum Gasteiger partial charge on any atom is 0.268 e. The van der Waals surface area contributed by atoms with Gasteiger partial charge in [0.25, 0.3) is 5.56 Å². The number of rotatable bonds is 6. The van der Waals surface area contributed by atoms with Crippen LogP contribution in [0.1, 0.15) is 29.3 Å². The monoisotopic (exact) mass is 451 g/mol. The molecule has 2 aromatic carbocycles. The van der Waals surface area contributed by atoms with E-state index in [1.807, 2.05) is 56.3 Å². The van der Waals surface area contributed by atoms with Crippen molar-refractivity contribution in [2.24, 2.45) is 0 Å². The third-order valence-corrected chi connectivity index (χ3v) is 7.18. The number of benzene rings is 2. The van der Waals surface area contributed by atoms with Crippen molar-refractivity contribution in [2.45, 2.75) is 49.0 Å². The minimum absolute atomic E-state index is 0.0135. The molecule has 1 aliphatic rings. The summed E-state index contributed by atoms with van der Waals surface area (Å²) in [5.41, 5.74) is 4.86. The Labute approximate surface area is 190 Å². The topological polar surface area (TPSA) is 64.0 Å². The number of carbonyl (C=O) groups is 1. The van der Waals surface area contributed by atoms with E-state index in [1.54, 1.807) is 16.3 Å². The Morgan fingerprint density at radius 3 is 2.61 bits per heavy atom. The summed E-state index contributed by atoms with van der Waals surface area (Å²) < 4.78 is 1.70. The molecule has 5 nitrogen and oxygen atoms in total. The van der Waals surface area contributed by atoms with Gasteiger partial charge in [-0.15, -0.1) is 11.8 Å². The minimum Gasteiger partial charge on any atom is -0.325 e. The van der Waals surface area contributed by atoms with Crippen molar-refractivity contribution >= 4 is 35.1 Å². The molecule has 7 heteroatoms. The summed E-state index contributed by atoms with van der Waals surface area (Å²) in [6.07, 6.45) is 0.781. The fourth-order valence-electron chi connectivity index (χ4n) is 3.72.